The second-order valence-corrected chi connectivity index (χ2v) is 12.5. The van der Waals surface area contributed by atoms with Crippen molar-refractivity contribution in [1.82, 2.24) is 9.80 Å². The van der Waals surface area contributed by atoms with Crippen molar-refractivity contribution in [3.05, 3.63) is 57.8 Å². The van der Waals surface area contributed by atoms with Gasteiger partial charge < -0.3 is 9.84 Å². The quantitative estimate of drug-likeness (QED) is 0.339. The molecular formula is C27H24Cl2N2O6S. The molecule has 3 fully saturated rings. The van der Waals surface area contributed by atoms with Gasteiger partial charge in [0.15, 0.2) is 21.2 Å². The number of methoxy groups -OCH3 is 1. The lowest BCUT2D eigenvalue weighted by Crippen LogP contribution is -2.60. The van der Waals surface area contributed by atoms with E-state index in [4.69, 9.17) is 27.9 Å². The highest BCUT2D eigenvalue weighted by Gasteiger charge is 2.75. The van der Waals surface area contributed by atoms with Crippen LogP contribution in [-0.4, -0.2) is 62.4 Å². The molecule has 38 heavy (non-hydrogen) atoms. The van der Waals surface area contributed by atoms with Gasteiger partial charge in [0, 0.05) is 17.8 Å². The first kappa shape index (κ1) is 25.4. The average Bonchev–Trinajstić information content (AvgIpc) is 3.54. The summed E-state index contributed by atoms with van der Waals surface area (Å²) in [6.07, 6.45) is 2.12. The van der Waals surface area contributed by atoms with Crippen LogP contribution in [0.15, 0.2) is 47.4 Å². The molecule has 2 saturated heterocycles. The van der Waals surface area contributed by atoms with Crippen molar-refractivity contribution in [2.45, 2.75) is 35.1 Å². The van der Waals surface area contributed by atoms with E-state index in [-0.39, 0.29) is 36.3 Å². The average molecular weight is 575 g/mol. The van der Waals surface area contributed by atoms with Gasteiger partial charge in [-0.2, -0.15) is 0 Å². The Hall–Kier alpha value is -2.88. The monoisotopic (exact) mass is 574 g/mol. The first-order valence-electron chi connectivity index (χ1n) is 12.2. The highest BCUT2D eigenvalue weighted by atomic mass is 35.5. The normalized spacial score (nSPS) is 34.3. The van der Waals surface area contributed by atoms with Crippen LogP contribution in [0.2, 0.25) is 0 Å². The number of amides is 4. The van der Waals surface area contributed by atoms with Gasteiger partial charge in [-0.25, -0.2) is 0 Å². The fourth-order valence-corrected chi connectivity index (χ4v) is 8.48. The predicted molar refractivity (Wildman–Crippen MR) is 140 cm³/mol. The van der Waals surface area contributed by atoms with E-state index < -0.39 is 45.2 Å². The summed E-state index contributed by atoms with van der Waals surface area (Å²) in [7, 11) is 2.75. The molecule has 6 atom stereocenters. The number of phenolic OH excluding ortho intramolecular Hbond substituents is 1. The number of hydrogen-bond donors (Lipinski definition) is 1. The third kappa shape index (κ3) is 3.15. The molecule has 1 N–H and O–H groups in total. The van der Waals surface area contributed by atoms with Gasteiger partial charge in [0.05, 0.1) is 25.5 Å². The summed E-state index contributed by atoms with van der Waals surface area (Å²) in [5, 5.41) is 12.1. The zero-order chi connectivity index (χ0) is 27.1. The lowest BCUT2D eigenvalue weighted by molar-refractivity contribution is -0.141. The summed E-state index contributed by atoms with van der Waals surface area (Å²) in [5.41, 5.74) is 1.21. The highest BCUT2D eigenvalue weighted by Crippen LogP contribution is 2.65. The molecule has 6 rings (SSSR count). The number of rotatable bonds is 4. The molecule has 4 amide bonds. The van der Waals surface area contributed by atoms with Crippen LogP contribution >= 0.6 is 34.5 Å². The number of fused-ring (bicyclic) bond motifs is 4. The van der Waals surface area contributed by atoms with Crippen LogP contribution in [0.25, 0.3) is 0 Å². The molecule has 1 aromatic heterocycles. The number of carbonyl (C=O) groups is 4. The Morgan fingerprint density at radius 3 is 2.55 bits per heavy atom. The van der Waals surface area contributed by atoms with E-state index in [2.05, 4.69) is 0 Å². The molecule has 0 bridgehead atoms. The number of thiophene rings is 1. The molecular weight excluding hydrogens is 551 g/mol. The zero-order valence-corrected chi connectivity index (χ0v) is 22.8. The number of aromatic hydroxyl groups is 1. The number of likely N-dealkylation sites (tertiary alicyclic amines) is 2. The lowest BCUT2D eigenvalue weighted by Gasteiger charge is -2.50. The van der Waals surface area contributed by atoms with Crippen molar-refractivity contribution < 1.29 is 29.0 Å². The Bertz CT molecular complexity index is 1430. The molecule has 198 valence electrons. The number of nitrogens with zero attached hydrogens (tertiary/aromatic N) is 2. The maximum absolute atomic E-state index is 13.8. The summed E-state index contributed by atoms with van der Waals surface area (Å²) >= 11 is 15.7. The third-order valence-corrected chi connectivity index (χ3v) is 10.8. The van der Waals surface area contributed by atoms with E-state index in [1.165, 1.54) is 36.5 Å². The molecule has 0 spiro atoms. The van der Waals surface area contributed by atoms with Gasteiger partial charge in [0.1, 0.15) is 0 Å². The molecule has 2 aliphatic heterocycles. The molecule has 6 unspecified atom stereocenters. The summed E-state index contributed by atoms with van der Waals surface area (Å²) in [5.74, 6) is -4.56. The number of allylic oxidation sites excluding steroid dienone is 2. The molecule has 3 heterocycles. The SMILES string of the molecule is COc1cc(C2C3=CCC4C(=O)N(Cc5cccs5)C(=O)C4C3CC3(Cl)C(=O)N(C)C(=O)C23Cl)ccc1O. The Labute approximate surface area is 232 Å². The van der Waals surface area contributed by atoms with Gasteiger partial charge in [-0.15, -0.1) is 34.5 Å². The third-order valence-electron chi connectivity index (χ3n) is 8.54. The number of imide groups is 2. The second kappa shape index (κ2) is 8.56. The minimum Gasteiger partial charge on any atom is -0.504 e. The fraction of sp³-hybridized carbons (Fsp3) is 0.407. The number of halogens is 2. The first-order valence-corrected chi connectivity index (χ1v) is 13.8. The van der Waals surface area contributed by atoms with Crippen LogP contribution in [-0.2, 0) is 25.7 Å². The Balaban J connectivity index is 1.50. The van der Waals surface area contributed by atoms with E-state index in [1.54, 1.807) is 12.1 Å². The van der Waals surface area contributed by atoms with Gasteiger partial charge in [0.2, 0.25) is 11.8 Å². The number of alkyl halides is 2. The number of ether oxygens (including phenoxy) is 1. The topological polar surface area (TPSA) is 104 Å². The van der Waals surface area contributed by atoms with Crippen LogP contribution in [0, 0.1) is 17.8 Å². The van der Waals surface area contributed by atoms with E-state index >= 15 is 0 Å². The Morgan fingerprint density at radius 1 is 1.11 bits per heavy atom. The van der Waals surface area contributed by atoms with Gasteiger partial charge >= 0.3 is 0 Å². The minimum atomic E-state index is -1.88. The molecule has 2 aliphatic carbocycles. The van der Waals surface area contributed by atoms with Gasteiger partial charge in [-0.3, -0.25) is 29.0 Å². The van der Waals surface area contributed by atoms with Crippen molar-refractivity contribution in [3.8, 4) is 11.5 Å². The number of phenols is 1. The van der Waals surface area contributed by atoms with Crippen LogP contribution in [0.5, 0.6) is 11.5 Å². The molecule has 4 aliphatic rings. The number of hydrogen-bond acceptors (Lipinski definition) is 7. The smallest absolute Gasteiger partial charge is 0.253 e. The molecule has 11 heteroatoms. The van der Waals surface area contributed by atoms with Gasteiger partial charge in [-0.1, -0.05) is 23.8 Å². The van der Waals surface area contributed by atoms with Crippen LogP contribution in [0.3, 0.4) is 0 Å². The standard InChI is InChI=1S/C27H24Cl2N2O6S/c1-30-24(35)26(28)11-17-15(21(27(26,29)25(30)36)13-5-8-18(32)19(10-13)37-2)6-7-16-20(17)23(34)31(22(16)33)12-14-4-3-9-38-14/h3-6,8-10,16-17,20-21,32H,7,11-12H2,1-2H3. The maximum Gasteiger partial charge on any atom is 0.253 e. The molecule has 8 nitrogen and oxygen atoms in total. The summed E-state index contributed by atoms with van der Waals surface area (Å²) in [6, 6.07) is 8.35. The maximum atomic E-state index is 13.8. The van der Waals surface area contributed by atoms with Crippen molar-refractivity contribution in [3.63, 3.8) is 0 Å². The molecule has 0 radical (unpaired) electrons. The van der Waals surface area contributed by atoms with Crippen molar-refractivity contribution >= 4 is 58.2 Å². The molecule has 1 aromatic carbocycles. The lowest BCUT2D eigenvalue weighted by atomic mass is 9.56. The van der Waals surface area contributed by atoms with E-state index in [9.17, 15) is 24.3 Å². The minimum absolute atomic E-state index is 0.0580. The van der Waals surface area contributed by atoms with Gasteiger partial charge in [-0.05, 0) is 47.9 Å². The van der Waals surface area contributed by atoms with Crippen LogP contribution in [0.4, 0.5) is 0 Å². The fourth-order valence-electron chi connectivity index (χ4n) is 6.77. The summed E-state index contributed by atoms with van der Waals surface area (Å²) < 4.78 is 5.30. The predicted octanol–water partition coefficient (Wildman–Crippen LogP) is 3.65. The van der Waals surface area contributed by atoms with Crippen molar-refractivity contribution in [1.29, 1.82) is 0 Å². The second-order valence-electron chi connectivity index (χ2n) is 10.3. The number of benzene rings is 1. The van der Waals surface area contributed by atoms with Gasteiger partial charge in [0.25, 0.3) is 11.8 Å². The zero-order valence-electron chi connectivity index (χ0n) is 20.5. The van der Waals surface area contributed by atoms with E-state index in [0.29, 0.717) is 17.6 Å². The Kier molecular flexibility index (Phi) is 5.72. The molecule has 2 aromatic rings. The van der Waals surface area contributed by atoms with E-state index in [0.717, 1.165) is 9.78 Å². The highest BCUT2D eigenvalue weighted by molar-refractivity contribution is 7.09. The first-order chi connectivity index (χ1) is 18.0. The summed E-state index contributed by atoms with van der Waals surface area (Å²) in [4.78, 5) is 53.7. The molecule has 1 saturated carbocycles. The summed E-state index contributed by atoms with van der Waals surface area (Å²) in [6.45, 7) is 0.189. The van der Waals surface area contributed by atoms with E-state index in [1.807, 2.05) is 23.6 Å². The van der Waals surface area contributed by atoms with Crippen LogP contribution in [0.1, 0.15) is 29.2 Å². The Morgan fingerprint density at radius 2 is 1.87 bits per heavy atom. The largest absolute Gasteiger partial charge is 0.504 e. The van der Waals surface area contributed by atoms with Crippen molar-refractivity contribution in [2.75, 3.05) is 14.2 Å². The van der Waals surface area contributed by atoms with Crippen molar-refractivity contribution in [2.24, 2.45) is 17.8 Å². The van der Waals surface area contributed by atoms with Crippen LogP contribution < -0.4 is 4.74 Å². The number of carbonyl (C=O) groups excluding carboxylic acids is 4.